The normalized spacial score (nSPS) is 13.2. The van der Waals surface area contributed by atoms with Gasteiger partial charge >= 0.3 is 0 Å². The van der Waals surface area contributed by atoms with Crippen molar-refractivity contribution in [3.8, 4) is 11.4 Å². The minimum atomic E-state index is -0.299. The number of fused-ring (bicyclic) bond motifs is 1. The number of hydrogen-bond donors (Lipinski definition) is 0. The van der Waals surface area contributed by atoms with Crippen LogP contribution < -0.4 is 0 Å². The maximum absolute atomic E-state index is 13.2. The highest BCUT2D eigenvalue weighted by Gasteiger charge is 2.22. The Balaban J connectivity index is 1.46. The standard InChI is InChI=1S/C22H21FN4OS/c1-2-12-27-21(17-7-9-19(23)10-8-17)24-25-22(27)29-15-20(28)26-13-11-16-5-3-4-6-18(16)14-26/h2-10H,1,11-15H2. The second-order valence-corrected chi connectivity index (χ2v) is 7.78. The minimum absolute atomic E-state index is 0.0842. The molecule has 0 saturated heterocycles. The highest BCUT2D eigenvalue weighted by Crippen LogP contribution is 2.25. The molecule has 0 N–H and O–H groups in total. The Bertz CT molecular complexity index is 1030. The molecule has 0 saturated carbocycles. The molecule has 1 amide bonds. The molecule has 0 fully saturated rings. The fraction of sp³-hybridized carbons (Fsp3) is 0.227. The number of allylic oxidation sites excluding steroid dienone is 1. The molecule has 148 valence electrons. The first-order chi connectivity index (χ1) is 14.2. The Hall–Kier alpha value is -2.93. The summed E-state index contributed by atoms with van der Waals surface area (Å²) in [7, 11) is 0. The Kier molecular flexibility index (Phi) is 5.76. The van der Waals surface area contributed by atoms with Gasteiger partial charge in [-0.3, -0.25) is 9.36 Å². The number of hydrogen-bond acceptors (Lipinski definition) is 4. The summed E-state index contributed by atoms with van der Waals surface area (Å²) < 4.78 is 15.1. The van der Waals surface area contributed by atoms with Crippen molar-refractivity contribution in [3.05, 3.63) is 78.1 Å². The van der Waals surface area contributed by atoms with Crippen LogP contribution in [0.25, 0.3) is 11.4 Å². The molecule has 0 atom stereocenters. The van der Waals surface area contributed by atoms with E-state index in [9.17, 15) is 9.18 Å². The number of amides is 1. The van der Waals surface area contributed by atoms with Crippen LogP contribution in [0.5, 0.6) is 0 Å². The van der Waals surface area contributed by atoms with Gasteiger partial charge in [-0.1, -0.05) is 42.1 Å². The fourth-order valence-electron chi connectivity index (χ4n) is 3.43. The number of carbonyl (C=O) groups is 1. The van der Waals surface area contributed by atoms with Crippen LogP contribution in [0.1, 0.15) is 11.1 Å². The van der Waals surface area contributed by atoms with Gasteiger partial charge in [-0.2, -0.15) is 0 Å². The zero-order valence-electron chi connectivity index (χ0n) is 15.9. The van der Waals surface area contributed by atoms with E-state index in [0.717, 1.165) is 18.5 Å². The molecular weight excluding hydrogens is 387 g/mol. The van der Waals surface area contributed by atoms with Crippen molar-refractivity contribution in [1.29, 1.82) is 0 Å². The molecule has 4 rings (SSSR count). The lowest BCUT2D eigenvalue weighted by Crippen LogP contribution is -2.37. The molecule has 2 heterocycles. The molecule has 1 aromatic heterocycles. The highest BCUT2D eigenvalue weighted by atomic mass is 32.2. The molecule has 0 unspecified atom stereocenters. The number of thioether (sulfide) groups is 1. The van der Waals surface area contributed by atoms with Gasteiger partial charge in [-0.05, 0) is 41.8 Å². The molecule has 5 nitrogen and oxygen atoms in total. The summed E-state index contributed by atoms with van der Waals surface area (Å²) in [6, 6.07) is 14.4. The van der Waals surface area contributed by atoms with E-state index in [1.165, 1.54) is 35.0 Å². The molecular formula is C22H21FN4OS. The summed E-state index contributed by atoms with van der Waals surface area (Å²) in [5.74, 6) is 0.709. The van der Waals surface area contributed by atoms with Crippen molar-refractivity contribution in [2.75, 3.05) is 12.3 Å². The third kappa shape index (κ3) is 4.24. The van der Waals surface area contributed by atoms with E-state index in [1.54, 1.807) is 18.2 Å². The molecule has 3 aromatic rings. The van der Waals surface area contributed by atoms with Crippen molar-refractivity contribution in [3.63, 3.8) is 0 Å². The number of halogens is 1. The van der Waals surface area contributed by atoms with E-state index >= 15 is 0 Å². The molecule has 0 radical (unpaired) electrons. The van der Waals surface area contributed by atoms with Crippen LogP contribution in [-0.2, 0) is 24.3 Å². The lowest BCUT2D eigenvalue weighted by Gasteiger charge is -2.28. The van der Waals surface area contributed by atoms with Gasteiger partial charge in [0.05, 0.1) is 5.75 Å². The maximum Gasteiger partial charge on any atom is 0.233 e. The van der Waals surface area contributed by atoms with Crippen molar-refractivity contribution in [1.82, 2.24) is 19.7 Å². The van der Waals surface area contributed by atoms with Crippen LogP contribution in [0.15, 0.2) is 66.3 Å². The lowest BCUT2D eigenvalue weighted by molar-refractivity contribution is -0.129. The summed E-state index contributed by atoms with van der Waals surface area (Å²) in [5.41, 5.74) is 3.30. The zero-order chi connectivity index (χ0) is 20.2. The summed E-state index contributed by atoms with van der Waals surface area (Å²) >= 11 is 1.36. The van der Waals surface area contributed by atoms with E-state index in [-0.39, 0.29) is 11.7 Å². The van der Waals surface area contributed by atoms with E-state index < -0.39 is 0 Å². The van der Waals surface area contributed by atoms with Crippen LogP contribution in [0, 0.1) is 5.82 Å². The summed E-state index contributed by atoms with van der Waals surface area (Å²) in [5, 5.41) is 9.15. The van der Waals surface area contributed by atoms with Gasteiger partial charge in [0.15, 0.2) is 11.0 Å². The molecule has 1 aliphatic rings. The van der Waals surface area contributed by atoms with Gasteiger partial charge < -0.3 is 4.90 Å². The first-order valence-corrected chi connectivity index (χ1v) is 10.4. The van der Waals surface area contributed by atoms with Gasteiger partial charge in [0.1, 0.15) is 5.82 Å². The zero-order valence-corrected chi connectivity index (χ0v) is 16.7. The average molecular weight is 409 g/mol. The van der Waals surface area contributed by atoms with E-state index in [4.69, 9.17) is 0 Å². The van der Waals surface area contributed by atoms with E-state index in [0.29, 0.717) is 29.8 Å². The topological polar surface area (TPSA) is 51.0 Å². The van der Waals surface area contributed by atoms with Gasteiger partial charge in [0.25, 0.3) is 0 Å². The third-order valence-corrected chi connectivity index (χ3v) is 5.89. The number of benzene rings is 2. The number of rotatable bonds is 6. The summed E-state index contributed by atoms with van der Waals surface area (Å²) in [6.07, 6.45) is 2.64. The quantitative estimate of drug-likeness (QED) is 0.458. The predicted octanol–water partition coefficient (Wildman–Crippen LogP) is 3.95. The van der Waals surface area contributed by atoms with Crippen molar-refractivity contribution >= 4 is 17.7 Å². The van der Waals surface area contributed by atoms with Gasteiger partial charge in [0, 0.05) is 25.2 Å². The van der Waals surface area contributed by atoms with Gasteiger partial charge in [0.2, 0.25) is 5.91 Å². The van der Waals surface area contributed by atoms with E-state index in [1.807, 2.05) is 21.6 Å². The number of nitrogens with zero attached hydrogens (tertiary/aromatic N) is 4. The largest absolute Gasteiger partial charge is 0.337 e. The fourth-order valence-corrected chi connectivity index (χ4v) is 4.28. The molecule has 0 aliphatic carbocycles. The van der Waals surface area contributed by atoms with Crippen molar-refractivity contribution in [2.45, 2.75) is 24.7 Å². The smallest absolute Gasteiger partial charge is 0.233 e. The summed E-state index contributed by atoms with van der Waals surface area (Å²) in [4.78, 5) is 14.6. The Labute approximate surface area is 173 Å². The Morgan fingerprint density at radius 3 is 2.66 bits per heavy atom. The first-order valence-electron chi connectivity index (χ1n) is 9.43. The molecule has 2 aromatic carbocycles. The second-order valence-electron chi connectivity index (χ2n) is 6.84. The van der Waals surface area contributed by atoms with Crippen LogP contribution in [0.2, 0.25) is 0 Å². The molecule has 0 spiro atoms. The van der Waals surface area contributed by atoms with Crippen molar-refractivity contribution < 1.29 is 9.18 Å². The Morgan fingerprint density at radius 1 is 1.14 bits per heavy atom. The van der Waals surface area contributed by atoms with Crippen LogP contribution in [0.4, 0.5) is 4.39 Å². The SMILES string of the molecule is C=CCn1c(SCC(=O)N2CCc3ccccc3C2)nnc1-c1ccc(F)cc1. The van der Waals surface area contributed by atoms with Crippen LogP contribution in [-0.4, -0.2) is 37.9 Å². The second kappa shape index (κ2) is 8.61. The average Bonchev–Trinajstić information content (AvgIpc) is 3.15. The molecule has 7 heteroatoms. The van der Waals surface area contributed by atoms with E-state index in [2.05, 4.69) is 28.9 Å². The first kappa shape index (κ1) is 19.4. The number of carbonyl (C=O) groups excluding carboxylic acids is 1. The highest BCUT2D eigenvalue weighted by molar-refractivity contribution is 7.99. The predicted molar refractivity (Wildman–Crippen MR) is 112 cm³/mol. The van der Waals surface area contributed by atoms with Crippen LogP contribution in [0.3, 0.4) is 0 Å². The summed E-state index contributed by atoms with van der Waals surface area (Å²) in [6.45, 7) is 5.68. The van der Waals surface area contributed by atoms with Gasteiger partial charge in [-0.15, -0.1) is 16.8 Å². The third-order valence-electron chi connectivity index (χ3n) is 4.94. The Morgan fingerprint density at radius 2 is 1.90 bits per heavy atom. The molecule has 1 aliphatic heterocycles. The molecule has 0 bridgehead atoms. The molecule has 29 heavy (non-hydrogen) atoms. The lowest BCUT2D eigenvalue weighted by atomic mass is 10.00. The monoisotopic (exact) mass is 408 g/mol. The van der Waals surface area contributed by atoms with Crippen LogP contribution >= 0.6 is 11.8 Å². The number of aromatic nitrogens is 3. The van der Waals surface area contributed by atoms with Gasteiger partial charge in [-0.25, -0.2) is 4.39 Å². The minimum Gasteiger partial charge on any atom is -0.337 e. The maximum atomic E-state index is 13.2. The van der Waals surface area contributed by atoms with Crippen molar-refractivity contribution in [2.24, 2.45) is 0 Å².